The summed E-state index contributed by atoms with van der Waals surface area (Å²) < 4.78 is 11.1. The summed E-state index contributed by atoms with van der Waals surface area (Å²) in [5, 5.41) is 0. The van der Waals surface area contributed by atoms with Crippen LogP contribution >= 0.6 is 0 Å². The van der Waals surface area contributed by atoms with Crippen LogP contribution in [-0.4, -0.2) is 80.7 Å². The molecular weight excluding hydrogens is 418 g/mol. The molecule has 7 nitrogen and oxygen atoms in total. The largest absolute Gasteiger partial charge is 0.379 e. The molecule has 1 saturated heterocycles. The molecular formula is C26H33N3O4. The average molecular weight is 452 g/mol. The first-order chi connectivity index (χ1) is 16.1. The molecule has 2 amide bonds. The molecule has 1 fully saturated rings. The summed E-state index contributed by atoms with van der Waals surface area (Å²) in [5.74, 6) is 0.0111. The average Bonchev–Trinajstić information content (AvgIpc) is 3.01. The van der Waals surface area contributed by atoms with Gasteiger partial charge in [-0.15, -0.1) is 0 Å². The number of amides is 2. The van der Waals surface area contributed by atoms with Gasteiger partial charge in [-0.25, -0.2) is 0 Å². The maximum absolute atomic E-state index is 12.9. The molecule has 0 aromatic heterocycles. The van der Waals surface area contributed by atoms with Gasteiger partial charge in [0.05, 0.1) is 19.8 Å². The second kappa shape index (κ2) is 10.9. The van der Waals surface area contributed by atoms with Gasteiger partial charge in [0.2, 0.25) is 0 Å². The van der Waals surface area contributed by atoms with Crippen LogP contribution in [0, 0.1) is 0 Å². The molecule has 2 aromatic carbocycles. The molecule has 0 N–H and O–H groups in total. The van der Waals surface area contributed by atoms with Crippen LogP contribution in [0.3, 0.4) is 0 Å². The summed E-state index contributed by atoms with van der Waals surface area (Å²) in [5.41, 5.74) is 4.51. The minimum atomic E-state index is -0.0235. The van der Waals surface area contributed by atoms with Crippen molar-refractivity contribution >= 4 is 17.5 Å². The molecule has 0 unspecified atom stereocenters. The molecule has 0 radical (unpaired) electrons. The number of nitrogens with zero attached hydrogens (tertiary/aromatic N) is 3. The molecule has 176 valence electrons. The lowest BCUT2D eigenvalue weighted by Crippen LogP contribution is -2.43. The van der Waals surface area contributed by atoms with Crippen LogP contribution in [0.25, 0.3) is 11.1 Å². The molecule has 0 aliphatic carbocycles. The number of fused-ring (bicyclic) bond motifs is 1. The third-order valence-electron chi connectivity index (χ3n) is 6.40. The second-order valence-electron chi connectivity index (χ2n) is 8.39. The van der Waals surface area contributed by atoms with Crippen molar-refractivity contribution < 1.29 is 19.1 Å². The summed E-state index contributed by atoms with van der Waals surface area (Å²) in [6, 6.07) is 13.9. The highest BCUT2D eigenvalue weighted by Gasteiger charge is 2.24. The standard InChI is InChI=1S/C26H33N3O4/c1-3-28(4-2)26(31)22-7-5-6-20(16-22)21-8-9-23-18-33-19-25(30)29(24(23)17-21)11-10-27-12-14-32-15-13-27/h5-9,16-17H,3-4,10-15,18-19H2,1-2H3. The van der Waals surface area contributed by atoms with Crippen LogP contribution in [-0.2, 0) is 20.9 Å². The van der Waals surface area contributed by atoms with E-state index in [-0.39, 0.29) is 18.4 Å². The van der Waals surface area contributed by atoms with Crippen LogP contribution in [0.4, 0.5) is 5.69 Å². The Bertz CT molecular complexity index is 983. The predicted octanol–water partition coefficient (Wildman–Crippen LogP) is 3.03. The number of hydrogen-bond donors (Lipinski definition) is 0. The van der Waals surface area contributed by atoms with Crippen molar-refractivity contribution in [2.75, 3.05) is 64.0 Å². The number of hydrogen-bond acceptors (Lipinski definition) is 5. The lowest BCUT2D eigenvalue weighted by molar-refractivity contribution is -0.123. The summed E-state index contributed by atoms with van der Waals surface area (Å²) in [7, 11) is 0. The van der Waals surface area contributed by atoms with Crippen molar-refractivity contribution in [2.45, 2.75) is 20.5 Å². The van der Waals surface area contributed by atoms with E-state index in [4.69, 9.17) is 9.47 Å². The third kappa shape index (κ3) is 5.43. The predicted molar refractivity (Wildman–Crippen MR) is 128 cm³/mol. The topological polar surface area (TPSA) is 62.3 Å². The SMILES string of the molecule is CCN(CC)C(=O)c1cccc(-c2ccc3c(c2)N(CCN2CCOCC2)C(=O)COC3)c1. The maximum Gasteiger partial charge on any atom is 0.253 e. The van der Waals surface area contributed by atoms with Gasteiger partial charge in [-0.1, -0.05) is 24.3 Å². The van der Waals surface area contributed by atoms with E-state index in [1.165, 1.54) is 0 Å². The van der Waals surface area contributed by atoms with Gasteiger partial charge in [0.15, 0.2) is 0 Å². The first-order valence-electron chi connectivity index (χ1n) is 11.8. The number of anilines is 1. The van der Waals surface area contributed by atoms with E-state index in [0.717, 1.165) is 55.2 Å². The second-order valence-corrected chi connectivity index (χ2v) is 8.39. The van der Waals surface area contributed by atoms with E-state index >= 15 is 0 Å². The summed E-state index contributed by atoms with van der Waals surface area (Å²) >= 11 is 0. The van der Waals surface area contributed by atoms with Gasteiger partial charge in [0, 0.05) is 56.1 Å². The van der Waals surface area contributed by atoms with Crippen LogP contribution in [0.15, 0.2) is 42.5 Å². The minimum Gasteiger partial charge on any atom is -0.379 e. The van der Waals surface area contributed by atoms with E-state index < -0.39 is 0 Å². The molecule has 0 spiro atoms. The Morgan fingerprint density at radius 3 is 2.45 bits per heavy atom. The van der Waals surface area contributed by atoms with E-state index in [9.17, 15) is 9.59 Å². The molecule has 7 heteroatoms. The molecule has 2 aliphatic rings. The van der Waals surface area contributed by atoms with Gasteiger partial charge in [-0.3, -0.25) is 14.5 Å². The Balaban J connectivity index is 1.61. The lowest BCUT2D eigenvalue weighted by atomic mass is 9.99. The van der Waals surface area contributed by atoms with Gasteiger partial charge < -0.3 is 19.3 Å². The molecule has 0 bridgehead atoms. The zero-order valence-electron chi connectivity index (χ0n) is 19.6. The highest BCUT2D eigenvalue weighted by molar-refractivity contribution is 5.97. The quantitative estimate of drug-likeness (QED) is 0.648. The van der Waals surface area contributed by atoms with Crippen molar-refractivity contribution in [3.05, 3.63) is 53.6 Å². The van der Waals surface area contributed by atoms with E-state index in [2.05, 4.69) is 11.0 Å². The van der Waals surface area contributed by atoms with Crippen molar-refractivity contribution in [3.63, 3.8) is 0 Å². The smallest absolute Gasteiger partial charge is 0.253 e. The summed E-state index contributed by atoms with van der Waals surface area (Å²) in [6.45, 7) is 10.5. The number of morpholine rings is 1. The van der Waals surface area contributed by atoms with Crippen LogP contribution in [0.5, 0.6) is 0 Å². The van der Waals surface area contributed by atoms with Crippen LogP contribution in [0.2, 0.25) is 0 Å². The highest BCUT2D eigenvalue weighted by Crippen LogP contribution is 2.31. The van der Waals surface area contributed by atoms with Gasteiger partial charge in [-0.05, 0) is 43.2 Å². The lowest BCUT2D eigenvalue weighted by Gasteiger charge is -2.30. The van der Waals surface area contributed by atoms with Gasteiger partial charge in [-0.2, -0.15) is 0 Å². The normalized spacial score (nSPS) is 16.9. The zero-order chi connectivity index (χ0) is 23.2. The van der Waals surface area contributed by atoms with Gasteiger partial charge in [0.1, 0.15) is 6.61 Å². The van der Waals surface area contributed by atoms with Gasteiger partial charge >= 0.3 is 0 Å². The summed E-state index contributed by atoms with van der Waals surface area (Å²) in [4.78, 5) is 31.7. The number of carbonyl (C=O) groups excluding carboxylic acids is 2. The van der Waals surface area contributed by atoms with Crippen LogP contribution in [0.1, 0.15) is 29.8 Å². The first kappa shape index (κ1) is 23.4. The molecule has 2 aliphatic heterocycles. The highest BCUT2D eigenvalue weighted by atomic mass is 16.5. The van der Waals surface area contributed by atoms with E-state index in [1.54, 1.807) is 0 Å². The fourth-order valence-corrected chi connectivity index (χ4v) is 4.41. The molecule has 33 heavy (non-hydrogen) atoms. The van der Waals surface area contributed by atoms with E-state index in [1.807, 2.05) is 60.0 Å². The Morgan fingerprint density at radius 1 is 0.939 bits per heavy atom. The number of benzene rings is 2. The molecule has 0 saturated carbocycles. The molecule has 4 rings (SSSR count). The Labute approximate surface area is 195 Å². The third-order valence-corrected chi connectivity index (χ3v) is 6.40. The number of rotatable bonds is 7. The van der Waals surface area contributed by atoms with Crippen molar-refractivity contribution in [2.24, 2.45) is 0 Å². The van der Waals surface area contributed by atoms with E-state index in [0.29, 0.717) is 31.8 Å². The molecule has 2 aromatic rings. The van der Waals surface area contributed by atoms with Crippen molar-refractivity contribution in [3.8, 4) is 11.1 Å². The zero-order valence-corrected chi connectivity index (χ0v) is 19.6. The van der Waals surface area contributed by atoms with Crippen molar-refractivity contribution in [1.82, 2.24) is 9.80 Å². The Hall–Kier alpha value is -2.74. The summed E-state index contributed by atoms with van der Waals surface area (Å²) in [6.07, 6.45) is 0. The fraction of sp³-hybridized carbons (Fsp3) is 0.462. The minimum absolute atomic E-state index is 0.0235. The monoisotopic (exact) mass is 451 g/mol. The molecule has 0 atom stereocenters. The number of carbonyl (C=O) groups is 2. The van der Waals surface area contributed by atoms with Crippen LogP contribution < -0.4 is 4.90 Å². The maximum atomic E-state index is 12.9. The Kier molecular flexibility index (Phi) is 7.75. The van der Waals surface area contributed by atoms with Gasteiger partial charge in [0.25, 0.3) is 11.8 Å². The number of ether oxygens (including phenoxy) is 2. The fourth-order valence-electron chi connectivity index (χ4n) is 4.41. The first-order valence-corrected chi connectivity index (χ1v) is 11.8. The molecule has 2 heterocycles. The van der Waals surface area contributed by atoms with Crippen molar-refractivity contribution in [1.29, 1.82) is 0 Å². The Morgan fingerprint density at radius 2 is 1.70 bits per heavy atom.